The Bertz CT molecular complexity index is 636. The normalized spacial score (nSPS) is 14.9. The summed E-state index contributed by atoms with van der Waals surface area (Å²) in [6.45, 7) is 4.63. The number of hydrogen-bond acceptors (Lipinski definition) is 3. The van der Waals surface area contributed by atoms with Crippen LogP contribution in [0.4, 0.5) is 11.4 Å². The van der Waals surface area contributed by atoms with Gasteiger partial charge in [-0.05, 0) is 65.9 Å². The highest BCUT2D eigenvalue weighted by Crippen LogP contribution is 2.30. The highest BCUT2D eigenvalue weighted by molar-refractivity contribution is 7.07. The average molecular weight is 300 g/mol. The van der Waals surface area contributed by atoms with Gasteiger partial charge in [0.15, 0.2) is 0 Å². The van der Waals surface area contributed by atoms with Gasteiger partial charge in [-0.1, -0.05) is 0 Å². The summed E-state index contributed by atoms with van der Waals surface area (Å²) in [5.41, 5.74) is 4.85. The number of rotatable bonds is 4. The van der Waals surface area contributed by atoms with Crippen LogP contribution in [0, 0.1) is 0 Å². The third kappa shape index (κ3) is 3.10. The Morgan fingerprint density at radius 2 is 2.29 bits per heavy atom. The zero-order valence-electron chi connectivity index (χ0n) is 12.4. The summed E-state index contributed by atoms with van der Waals surface area (Å²) in [6, 6.07) is 8.88. The second kappa shape index (κ2) is 5.90. The summed E-state index contributed by atoms with van der Waals surface area (Å²) in [6.07, 6.45) is 1.98. The van der Waals surface area contributed by atoms with Crippen molar-refractivity contribution < 1.29 is 4.79 Å². The van der Waals surface area contributed by atoms with Gasteiger partial charge >= 0.3 is 0 Å². The van der Waals surface area contributed by atoms with Gasteiger partial charge in [-0.3, -0.25) is 4.79 Å². The van der Waals surface area contributed by atoms with Gasteiger partial charge in [0.05, 0.1) is 0 Å². The van der Waals surface area contributed by atoms with Crippen LogP contribution >= 0.6 is 11.3 Å². The maximum absolute atomic E-state index is 11.6. The minimum Gasteiger partial charge on any atom is -0.382 e. The van der Waals surface area contributed by atoms with Crippen molar-refractivity contribution in [1.82, 2.24) is 0 Å². The van der Waals surface area contributed by atoms with E-state index in [0.717, 1.165) is 30.8 Å². The molecule has 1 aliphatic rings. The third-order valence-corrected chi connectivity index (χ3v) is 4.62. The van der Waals surface area contributed by atoms with E-state index in [1.807, 2.05) is 4.90 Å². The Kier molecular flexibility index (Phi) is 3.97. The molecule has 110 valence electrons. The molecule has 0 spiro atoms. The Labute approximate surface area is 129 Å². The first-order valence-electron chi connectivity index (χ1n) is 7.32. The van der Waals surface area contributed by atoms with Gasteiger partial charge in [-0.2, -0.15) is 11.3 Å². The first-order valence-corrected chi connectivity index (χ1v) is 8.26. The van der Waals surface area contributed by atoms with E-state index < -0.39 is 0 Å². The second-order valence-electron chi connectivity index (χ2n) is 5.65. The summed E-state index contributed by atoms with van der Waals surface area (Å²) >= 11 is 1.74. The van der Waals surface area contributed by atoms with Crippen molar-refractivity contribution in [3.63, 3.8) is 0 Å². The fourth-order valence-electron chi connectivity index (χ4n) is 2.92. The van der Waals surface area contributed by atoms with Crippen molar-refractivity contribution >= 4 is 28.6 Å². The van der Waals surface area contributed by atoms with E-state index in [0.29, 0.717) is 6.04 Å². The van der Waals surface area contributed by atoms with Crippen LogP contribution in [0.2, 0.25) is 0 Å². The fraction of sp³-hybridized carbons (Fsp3) is 0.353. The summed E-state index contributed by atoms with van der Waals surface area (Å²) < 4.78 is 0. The largest absolute Gasteiger partial charge is 0.382 e. The zero-order chi connectivity index (χ0) is 14.8. The van der Waals surface area contributed by atoms with E-state index in [2.05, 4.69) is 47.3 Å². The van der Waals surface area contributed by atoms with Crippen LogP contribution in [-0.2, 0) is 17.6 Å². The van der Waals surface area contributed by atoms with Gasteiger partial charge < -0.3 is 10.2 Å². The lowest BCUT2D eigenvalue weighted by molar-refractivity contribution is -0.116. The molecule has 21 heavy (non-hydrogen) atoms. The minimum absolute atomic E-state index is 0.125. The number of nitrogens with one attached hydrogen (secondary N) is 1. The number of carbonyl (C=O) groups excluding carboxylic acids is 1. The third-order valence-electron chi connectivity index (χ3n) is 3.89. The van der Waals surface area contributed by atoms with Crippen LogP contribution in [0.15, 0.2) is 35.0 Å². The van der Waals surface area contributed by atoms with E-state index in [1.165, 1.54) is 11.1 Å². The molecule has 3 nitrogen and oxygen atoms in total. The van der Waals surface area contributed by atoms with Gasteiger partial charge in [0.1, 0.15) is 0 Å². The Morgan fingerprint density at radius 1 is 1.43 bits per heavy atom. The van der Waals surface area contributed by atoms with Gasteiger partial charge in [0, 0.05) is 30.9 Å². The predicted octanol–water partition coefficient (Wildman–Crippen LogP) is 3.70. The molecule has 1 atom stereocenters. The van der Waals surface area contributed by atoms with E-state index in [4.69, 9.17) is 0 Å². The van der Waals surface area contributed by atoms with Crippen molar-refractivity contribution in [3.05, 3.63) is 46.2 Å². The molecule has 2 aromatic rings. The number of anilines is 2. The number of hydrogen-bond donors (Lipinski definition) is 1. The van der Waals surface area contributed by atoms with E-state index in [-0.39, 0.29) is 5.91 Å². The van der Waals surface area contributed by atoms with Crippen LogP contribution in [0.3, 0.4) is 0 Å². The minimum atomic E-state index is 0.125. The molecule has 0 saturated heterocycles. The van der Waals surface area contributed by atoms with Gasteiger partial charge in [-0.25, -0.2) is 0 Å². The molecule has 1 aliphatic heterocycles. The Morgan fingerprint density at radius 3 is 3.00 bits per heavy atom. The number of amides is 1. The number of carbonyl (C=O) groups is 1. The lowest BCUT2D eigenvalue weighted by Gasteiger charge is -2.17. The molecule has 0 bridgehead atoms. The average Bonchev–Trinajstić information content (AvgIpc) is 3.06. The smallest absolute Gasteiger partial charge is 0.223 e. The molecule has 1 N–H and O–H groups in total. The molecule has 3 rings (SSSR count). The molecular formula is C17H20N2OS. The lowest BCUT2D eigenvalue weighted by Crippen LogP contribution is -2.25. The predicted molar refractivity (Wildman–Crippen MR) is 89.3 cm³/mol. The molecule has 0 fully saturated rings. The molecule has 1 aromatic carbocycles. The van der Waals surface area contributed by atoms with Crippen LogP contribution in [-0.4, -0.2) is 18.5 Å². The van der Waals surface area contributed by atoms with Crippen LogP contribution in [0.5, 0.6) is 0 Å². The summed E-state index contributed by atoms with van der Waals surface area (Å²) in [4.78, 5) is 13.4. The molecular weight excluding hydrogens is 280 g/mol. The highest BCUT2D eigenvalue weighted by atomic mass is 32.1. The second-order valence-corrected chi connectivity index (χ2v) is 6.43. The highest BCUT2D eigenvalue weighted by Gasteiger charge is 2.22. The van der Waals surface area contributed by atoms with Crippen LogP contribution in [0.1, 0.15) is 25.0 Å². The molecule has 2 heterocycles. The standard InChI is InChI=1S/C17H20N2OS/c1-12(9-14-6-8-21-11-14)18-16-3-4-17-15(10-16)5-7-19(17)13(2)20/h3-4,6,8,10-12,18H,5,7,9H2,1-2H3/t12-/m0/s1. The number of benzene rings is 1. The summed E-state index contributed by atoms with van der Waals surface area (Å²) in [7, 11) is 0. The Balaban J connectivity index is 1.69. The molecule has 0 aliphatic carbocycles. The number of nitrogens with zero attached hydrogens (tertiary/aromatic N) is 1. The monoisotopic (exact) mass is 300 g/mol. The van der Waals surface area contributed by atoms with Crippen molar-refractivity contribution in [2.45, 2.75) is 32.7 Å². The molecule has 1 amide bonds. The van der Waals surface area contributed by atoms with Crippen LogP contribution < -0.4 is 10.2 Å². The van der Waals surface area contributed by atoms with Crippen molar-refractivity contribution in [3.8, 4) is 0 Å². The topological polar surface area (TPSA) is 32.3 Å². The van der Waals surface area contributed by atoms with Gasteiger partial charge in [-0.15, -0.1) is 0 Å². The maximum Gasteiger partial charge on any atom is 0.223 e. The number of thiophene rings is 1. The first-order chi connectivity index (χ1) is 10.1. The molecule has 0 unspecified atom stereocenters. The quantitative estimate of drug-likeness (QED) is 0.933. The molecule has 4 heteroatoms. The van der Waals surface area contributed by atoms with Gasteiger partial charge in [0.2, 0.25) is 5.91 Å². The van der Waals surface area contributed by atoms with E-state index in [1.54, 1.807) is 18.3 Å². The maximum atomic E-state index is 11.6. The van der Waals surface area contributed by atoms with Crippen molar-refractivity contribution in [2.75, 3.05) is 16.8 Å². The lowest BCUT2D eigenvalue weighted by atomic mass is 10.1. The fourth-order valence-corrected chi connectivity index (χ4v) is 3.60. The molecule has 0 saturated carbocycles. The Hall–Kier alpha value is -1.81. The molecule has 0 radical (unpaired) electrons. The van der Waals surface area contributed by atoms with E-state index >= 15 is 0 Å². The van der Waals surface area contributed by atoms with Gasteiger partial charge in [0.25, 0.3) is 0 Å². The zero-order valence-corrected chi connectivity index (χ0v) is 13.2. The number of fused-ring (bicyclic) bond motifs is 1. The van der Waals surface area contributed by atoms with Crippen LogP contribution in [0.25, 0.3) is 0 Å². The summed E-state index contributed by atoms with van der Waals surface area (Å²) in [5.74, 6) is 0.125. The van der Waals surface area contributed by atoms with E-state index in [9.17, 15) is 4.79 Å². The first kappa shape index (κ1) is 14.1. The van der Waals surface area contributed by atoms with Crippen molar-refractivity contribution in [1.29, 1.82) is 0 Å². The van der Waals surface area contributed by atoms with Crippen molar-refractivity contribution in [2.24, 2.45) is 0 Å². The molecule has 1 aromatic heterocycles. The SMILES string of the molecule is CC(=O)N1CCc2cc(N[C@@H](C)Cc3ccsc3)ccc21. The summed E-state index contributed by atoms with van der Waals surface area (Å²) in [5, 5.41) is 7.87.